The predicted octanol–water partition coefficient (Wildman–Crippen LogP) is 3.39. The van der Waals surface area contributed by atoms with Gasteiger partial charge in [0.25, 0.3) is 0 Å². The summed E-state index contributed by atoms with van der Waals surface area (Å²) in [5.41, 5.74) is 2.20. The Morgan fingerprint density at radius 1 is 1.40 bits per heavy atom. The molecule has 104 valence electrons. The van der Waals surface area contributed by atoms with Crippen LogP contribution in [0, 0.1) is 0 Å². The molecule has 0 aliphatic carbocycles. The average Bonchev–Trinajstić information content (AvgIpc) is 2.45. The number of pyridine rings is 1. The van der Waals surface area contributed by atoms with Gasteiger partial charge < -0.3 is 10.4 Å². The maximum absolute atomic E-state index is 10.7. The first kappa shape index (κ1) is 14.7. The summed E-state index contributed by atoms with van der Waals surface area (Å²) in [6.07, 6.45) is 1.38. The third kappa shape index (κ3) is 3.88. The van der Waals surface area contributed by atoms with Gasteiger partial charge in [-0.3, -0.25) is 4.98 Å². The smallest absolute Gasteiger partial charge is 0.337 e. The summed E-state index contributed by atoms with van der Waals surface area (Å²) >= 11 is 3.45. The standard InChI is InChI=1S/C15H15BrN2O2/c1-10(11-3-2-4-13(16)7-11)17-9-14-6-5-12(8-18-14)15(19)20/h2-8,10,17H,9H2,1H3,(H,19,20)/t10-/m1/s1. The van der Waals surface area contributed by atoms with Crippen molar-refractivity contribution in [3.05, 3.63) is 63.9 Å². The summed E-state index contributed by atoms with van der Waals surface area (Å²) in [6, 6.07) is 11.6. The van der Waals surface area contributed by atoms with Crippen LogP contribution in [0.25, 0.3) is 0 Å². The molecule has 0 radical (unpaired) electrons. The lowest BCUT2D eigenvalue weighted by Crippen LogP contribution is -2.18. The largest absolute Gasteiger partial charge is 0.478 e. The average molecular weight is 335 g/mol. The van der Waals surface area contributed by atoms with Crippen molar-refractivity contribution >= 4 is 21.9 Å². The van der Waals surface area contributed by atoms with Gasteiger partial charge in [-0.15, -0.1) is 0 Å². The second kappa shape index (κ2) is 6.63. The number of hydrogen-bond donors (Lipinski definition) is 2. The van der Waals surface area contributed by atoms with Crippen molar-refractivity contribution < 1.29 is 9.90 Å². The second-order valence-corrected chi connectivity index (χ2v) is 5.42. The molecule has 20 heavy (non-hydrogen) atoms. The molecule has 1 aromatic heterocycles. The number of halogens is 1. The van der Waals surface area contributed by atoms with Crippen LogP contribution in [0.2, 0.25) is 0 Å². The highest BCUT2D eigenvalue weighted by atomic mass is 79.9. The molecule has 0 aliphatic rings. The summed E-state index contributed by atoms with van der Waals surface area (Å²) in [6.45, 7) is 2.67. The van der Waals surface area contributed by atoms with Gasteiger partial charge in [0.05, 0.1) is 11.3 Å². The molecule has 5 heteroatoms. The molecule has 0 fully saturated rings. The number of nitrogens with zero attached hydrogens (tertiary/aromatic N) is 1. The van der Waals surface area contributed by atoms with E-state index in [0.717, 1.165) is 10.2 Å². The summed E-state index contributed by atoms with van der Waals surface area (Å²) in [5, 5.41) is 12.2. The Morgan fingerprint density at radius 2 is 2.20 bits per heavy atom. The van der Waals surface area contributed by atoms with E-state index in [2.05, 4.69) is 45.3 Å². The van der Waals surface area contributed by atoms with E-state index in [9.17, 15) is 4.79 Å². The second-order valence-electron chi connectivity index (χ2n) is 4.50. The van der Waals surface area contributed by atoms with Gasteiger partial charge in [0.2, 0.25) is 0 Å². The molecule has 4 nitrogen and oxygen atoms in total. The fourth-order valence-electron chi connectivity index (χ4n) is 1.81. The number of nitrogens with one attached hydrogen (secondary N) is 1. The first-order valence-corrected chi connectivity index (χ1v) is 7.02. The van der Waals surface area contributed by atoms with Crippen molar-refractivity contribution in [3.63, 3.8) is 0 Å². The Hall–Kier alpha value is -1.72. The van der Waals surface area contributed by atoms with Crippen LogP contribution in [0.3, 0.4) is 0 Å². The minimum atomic E-state index is -0.959. The Labute approximate surface area is 126 Å². The summed E-state index contributed by atoms with van der Waals surface area (Å²) < 4.78 is 1.05. The van der Waals surface area contributed by atoms with Gasteiger partial charge in [-0.05, 0) is 36.8 Å². The van der Waals surface area contributed by atoms with Gasteiger partial charge in [-0.2, -0.15) is 0 Å². The van der Waals surface area contributed by atoms with Crippen molar-refractivity contribution in [1.82, 2.24) is 10.3 Å². The van der Waals surface area contributed by atoms with Crippen LogP contribution in [-0.2, 0) is 6.54 Å². The summed E-state index contributed by atoms with van der Waals surface area (Å²) in [5.74, 6) is -0.959. The highest BCUT2D eigenvalue weighted by molar-refractivity contribution is 9.10. The molecule has 0 spiro atoms. The minimum Gasteiger partial charge on any atom is -0.478 e. The first-order valence-electron chi connectivity index (χ1n) is 6.23. The van der Waals surface area contributed by atoms with Gasteiger partial charge in [0, 0.05) is 23.3 Å². The molecule has 0 saturated carbocycles. The molecule has 0 bridgehead atoms. The monoisotopic (exact) mass is 334 g/mol. The molecule has 2 rings (SSSR count). The number of hydrogen-bond acceptors (Lipinski definition) is 3. The number of aromatic nitrogens is 1. The van der Waals surface area contributed by atoms with Crippen LogP contribution in [0.15, 0.2) is 47.1 Å². The van der Waals surface area contributed by atoms with Crippen molar-refractivity contribution in [2.75, 3.05) is 0 Å². The minimum absolute atomic E-state index is 0.188. The Bertz CT molecular complexity index is 599. The molecule has 1 atom stereocenters. The molecule has 1 aromatic carbocycles. The zero-order chi connectivity index (χ0) is 14.5. The van der Waals surface area contributed by atoms with Gasteiger partial charge in [0.15, 0.2) is 0 Å². The van der Waals surface area contributed by atoms with Crippen LogP contribution < -0.4 is 5.32 Å². The highest BCUT2D eigenvalue weighted by Crippen LogP contribution is 2.18. The first-order chi connectivity index (χ1) is 9.56. The molecule has 0 amide bonds. The number of benzene rings is 1. The lowest BCUT2D eigenvalue weighted by Gasteiger charge is -2.14. The number of aromatic carboxylic acids is 1. The zero-order valence-corrected chi connectivity index (χ0v) is 12.6. The van der Waals surface area contributed by atoms with E-state index >= 15 is 0 Å². The molecule has 1 heterocycles. The third-order valence-corrected chi connectivity index (χ3v) is 3.50. The quantitative estimate of drug-likeness (QED) is 0.879. The Kier molecular flexibility index (Phi) is 4.87. The van der Waals surface area contributed by atoms with Crippen LogP contribution in [-0.4, -0.2) is 16.1 Å². The molecule has 2 N–H and O–H groups in total. The maximum Gasteiger partial charge on any atom is 0.337 e. The lowest BCUT2D eigenvalue weighted by atomic mass is 10.1. The molecule has 2 aromatic rings. The SMILES string of the molecule is C[C@@H](NCc1ccc(C(=O)O)cn1)c1cccc(Br)c1. The van der Waals surface area contributed by atoms with E-state index in [0.29, 0.717) is 6.54 Å². The number of carboxylic acid groups (broad SMARTS) is 1. The predicted molar refractivity (Wildman–Crippen MR) is 80.6 cm³/mol. The van der Waals surface area contributed by atoms with Crippen LogP contribution in [0.5, 0.6) is 0 Å². The van der Waals surface area contributed by atoms with Crippen LogP contribution in [0.1, 0.15) is 34.6 Å². The molecule has 0 aliphatic heterocycles. The van der Waals surface area contributed by atoms with Crippen molar-refractivity contribution in [3.8, 4) is 0 Å². The van der Waals surface area contributed by atoms with Gasteiger partial charge in [0.1, 0.15) is 0 Å². The topological polar surface area (TPSA) is 62.2 Å². The van der Waals surface area contributed by atoms with Crippen LogP contribution in [0.4, 0.5) is 0 Å². The molecule has 0 saturated heterocycles. The number of carboxylic acids is 1. The maximum atomic E-state index is 10.7. The van der Waals surface area contributed by atoms with Crippen molar-refractivity contribution in [1.29, 1.82) is 0 Å². The van der Waals surface area contributed by atoms with E-state index in [1.54, 1.807) is 12.1 Å². The van der Waals surface area contributed by atoms with Gasteiger partial charge in [-0.25, -0.2) is 4.79 Å². The highest BCUT2D eigenvalue weighted by Gasteiger charge is 2.07. The molecular formula is C15H15BrN2O2. The summed E-state index contributed by atoms with van der Waals surface area (Å²) in [7, 11) is 0. The fourth-order valence-corrected chi connectivity index (χ4v) is 2.22. The summed E-state index contributed by atoms with van der Waals surface area (Å²) in [4.78, 5) is 14.9. The van der Waals surface area contributed by atoms with Crippen LogP contribution >= 0.6 is 15.9 Å². The normalized spacial score (nSPS) is 12.1. The third-order valence-electron chi connectivity index (χ3n) is 3.01. The molecule has 0 unspecified atom stereocenters. The lowest BCUT2D eigenvalue weighted by molar-refractivity contribution is 0.0696. The van der Waals surface area contributed by atoms with E-state index in [1.807, 2.05) is 12.1 Å². The van der Waals surface area contributed by atoms with Gasteiger partial charge in [-0.1, -0.05) is 28.1 Å². The number of carbonyl (C=O) groups is 1. The van der Waals surface area contributed by atoms with E-state index in [-0.39, 0.29) is 11.6 Å². The van der Waals surface area contributed by atoms with Gasteiger partial charge >= 0.3 is 5.97 Å². The number of rotatable bonds is 5. The zero-order valence-electron chi connectivity index (χ0n) is 11.0. The Balaban J connectivity index is 1.96. The molecular weight excluding hydrogens is 320 g/mol. The van der Waals surface area contributed by atoms with Crippen molar-refractivity contribution in [2.24, 2.45) is 0 Å². The van der Waals surface area contributed by atoms with E-state index in [1.165, 1.54) is 11.8 Å². The fraction of sp³-hybridized carbons (Fsp3) is 0.200. The van der Waals surface area contributed by atoms with E-state index < -0.39 is 5.97 Å². The van der Waals surface area contributed by atoms with Crippen molar-refractivity contribution in [2.45, 2.75) is 19.5 Å². The van der Waals surface area contributed by atoms with E-state index in [4.69, 9.17) is 5.11 Å². The Morgan fingerprint density at radius 3 is 2.80 bits per heavy atom.